The number of fused-ring (bicyclic) bond motifs is 1. The van der Waals surface area contributed by atoms with Crippen LogP contribution in [0.25, 0.3) is 10.2 Å². The monoisotopic (exact) mass is 398 g/mol. The van der Waals surface area contributed by atoms with E-state index in [4.69, 9.17) is 0 Å². The lowest BCUT2D eigenvalue weighted by Crippen LogP contribution is -2.48. The zero-order chi connectivity index (χ0) is 19.8. The first kappa shape index (κ1) is 19.3. The fraction of sp³-hybridized carbons (Fsp3) is 0.353. The number of benzene rings is 1. The summed E-state index contributed by atoms with van der Waals surface area (Å²) in [7, 11) is 2.71. The van der Waals surface area contributed by atoms with Crippen molar-refractivity contribution in [3.8, 4) is 0 Å². The molecular weight excluding hydrogens is 381 g/mol. The number of imidazole rings is 1. The van der Waals surface area contributed by atoms with Gasteiger partial charge in [0, 0.05) is 26.5 Å². The Morgan fingerprint density at radius 2 is 2.04 bits per heavy atom. The molecule has 0 saturated carbocycles. The fourth-order valence-electron chi connectivity index (χ4n) is 2.70. The summed E-state index contributed by atoms with van der Waals surface area (Å²) >= 11 is 1.36. The van der Waals surface area contributed by atoms with Crippen molar-refractivity contribution in [2.75, 3.05) is 7.05 Å². The highest BCUT2D eigenvalue weighted by atomic mass is 32.1. The van der Waals surface area contributed by atoms with Gasteiger partial charge in [-0.2, -0.15) is 13.2 Å². The maximum absolute atomic E-state index is 13.6. The average molecular weight is 398 g/mol. The number of halogens is 3. The number of para-hydroxylation sites is 1. The summed E-state index contributed by atoms with van der Waals surface area (Å²) in [6.45, 7) is 0.0483. The molecule has 144 valence electrons. The van der Waals surface area contributed by atoms with Crippen molar-refractivity contribution in [3.63, 3.8) is 0 Å². The Labute approximate surface area is 156 Å². The first-order chi connectivity index (χ1) is 12.6. The molecule has 0 fully saturated rings. The number of carbonyl (C=O) groups is 1. The van der Waals surface area contributed by atoms with Crippen molar-refractivity contribution < 1.29 is 23.1 Å². The van der Waals surface area contributed by atoms with Gasteiger partial charge in [0.1, 0.15) is 5.01 Å². The zero-order valence-corrected chi connectivity index (χ0v) is 15.4. The van der Waals surface area contributed by atoms with Gasteiger partial charge in [0.05, 0.1) is 23.2 Å². The summed E-state index contributed by atoms with van der Waals surface area (Å²) in [5.41, 5.74) is -2.61. The number of carbonyl (C=O) groups excluding carboxylic acids is 1. The summed E-state index contributed by atoms with van der Waals surface area (Å²) in [6, 6.07) is 7.38. The predicted molar refractivity (Wildman–Crippen MR) is 93.9 cm³/mol. The van der Waals surface area contributed by atoms with Gasteiger partial charge in [-0.05, 0) is 12.1 Å². The van der Waals surface area contributed by atoms with Crippen LogP contribution in [0.5, 0.6) is 0 Å². The third-order valence-corrected chi connectivity index (χ3v) is 5.22. The minimum Gasteiger partial charge on any atom is -0.374 e. The highest BCUT2D eigenvalue weighted by molar-refractivity contribution is 7.18. The van der Waals surface area contributed by atoms with Crippen molar-refractivity contribution in [2.24, 2.45) is 7.05 Å². The number of alkyl halides is 3. The smallest absolute Gasteiger partial charge is 0.374 e. The van der Waals surface area contributed by atoms with Crippen molar-refractivity contribution in [1.82, 2.24) is 19.4 Å². The van der Waals surface area contributed by atoms with Crippen LogP contribution in [-0.4, -0.2) is 43.7 Å². The minimum atomic E-state index is -5.06. The van der Waals surface area contributed by atoms with E-state index in [1.807, 2.05) is 24.3 Å². The summed E-state index contributed by atoms with van der Waals surface area (Å²) in [5, 5.41) is 10.9. The number of aryl methyl sites for hydroxylation is 1. The van der Waals surface area contributed by atoms with Crippen LogP contribution >= 0.6 is 11.3 Å². The first-order valence-electron chi connectivity index (χ1n) is 7.97. The third-order valence-electron chi connectivity index (χ3n) is 4.20. The molecule has 1 amide bonds. The molecule has 1 unspecified atom stereocenters. The van der Waals surface area contributed by atoms with E-state index in [1.165, 1.54) is 31.6 Å². The standard InChI is InChI=1S/C17H17F3N4O2S/c1-23-8-7-21-15(23)16(26,17(18,19)20)9-14(25)24(2)10-13-22-11-5-3-4-6-12(11)27-13/h3-8,26H,9-10H2,1-2H3. The molecule has 0 saturated heterocycles. The topological polar surface area (TPSA) is 71.2 Å². The minimum absolute atomic E-state index is 0.0483. The fourth-order valence-corrected chi connectivity index (χ4v) is 3.72. The van der Waals surface area contributed by atoms with Gasteiger partial charge in [-0.15, -0.1) is 11.3 Å². The van der Waals surface area contributed by atoms with E-state index in [0.717, 1.165) is 25.9 Å². The van der Waals surface area contributed by atoms with Crippen LogP contribution in [-0.2, 0) is 24.0 Å². The third kappa shape index (κ3) is 3.67. The Morgan fingerprint density at radius 3 is 2.63 bits per heavy atom. The summed E-state index contributed by atoms with van der Waals surface area (Å²) in [5.74, 6) is -1.49. The highest BCUT2D eigenvalue weighted by Crippen LogP contribution is 2.41. The van der Waals surface area contributed by atoms with E-state index >= 15 is 0 Å². The maximum Gasteiger partial charge on any atom is 0.425 e. The summed E-state index contributed by atoms with van der Waals surface area (Å²) in [6.07, 6.45) is -3.80. The lowest BCUT2D eigenvalue weighted by Gasteiger charge is -2.30. The predicted octanol–water partition coefficient (Wildman–Crippen LogP) is 2.83. The van der Waals surface area contributed by atoms with Gasteiger partial charge in [-0.25, -0.2) is 9.97 Å². The van der Waals surface area contributed by atoms with Crippen LogP contribution in [0.2, 0.25) is 0 Å². The molecule has 3 aromatic rings. The Bertz CT molecular complexity index is 935. The Morgan fingerprint density at radius 1 is 1.33 bits per heavy atom. The van der Waals surface area contributed by atoms with Gasteiger partial charge in [0.25, 0.3) is 0 Å². The quantitative estimate of drug-likeness (QED) is 0.718. The molecule has 3 rings (SSSR count). The second-order valence-corrected chi connectivity index (χ2v) is 7.34. The molecule has 0 radical (unpaired) electrons. The van der Waals surface area contributed by atoms with Crippen LogP contribution in [0.3, 0.4) is 0 Å². The van der Waals surface area contributed by atoms with Crippen LogP contribution in [0.15, 0.2) is 36.7 Å². The van der Waals surface area contributed by atoms with Crippen LogP contribution in [0, 0.1) is 0 Å². The summed E-state index contributed by atoms with van der Waals surface area (Å²) < 4.78 is 42.6. The van der Waals surface area contributed by atoms with Gasteiger partial charge in [0.15, 0.2) is 5.82 Å². The van der Waals surface area contributed by atoms with Crippen LogP contribution < -0.4 is 0 Å². The zero-order valence-electron chi connectivity index (χ0n) is 14.6. The largest absolute Gasteiger partial charge is 0.425 e. The SMILES string of the molecule is CN(Cc1nc2ccccc2s1)C(=O)CC(O)(c1nccn1C)C(F)(F)F. The lowest BCUT2D eigenvalue weighted by atomic mass is 9.97. The lowest BCUT2D eigenvalue weighted by molar-refractivity contribution is -0.271. The van der Waals surface area contributed by atoms with Gasteiger partial charge < -0.3 is 14.6 Å². The average Bonchev–Trinajstić information content (AvgIpc) is 3.18. The molecule has 10 heteroatoms. The van der Waals surface area contributed by atoms with E-state index in [2.05, 4.69) is 9.97 Å². The molecule has 0 aliphatic rings. The second kappa shape index (κ2) is 6.93. The number of thiazole rings is 1. The number of hydrogen-bond donors (Lipinski definition) is 1. The first-order valence-corrected chi connectivity index (χ1v) is 8.79. The molecule has 2 aromatic heterocycles. The van der Waals surface area contributed by atoms with Crippen LogP contribution in [0.4, 0.5) is 13.2 Å². The molecule has 0 spiro atoms. The van der Waals surface area contributed by atoms with Crippen molar-refractivity contribution in [1.29, 1.82) is 0 Å². The summed E-state index contributed by atoms with van der Waals surface area (Å²) in [4.78, 5) is 21.5. The molecule has 1 atom stereocenters. The number of hydrogen-bond acceptors (Lipinski definition) is 5. The molecule has 0 aliphatic heterocycles. The van der Waals surface area contributed by atoms with E-state index in [0.29, 0.717) is 5.01 Å². The highest BCUT2D eigenvalue weighted by Gasteiger charge is 2.58. The van der Waals surface area contributed by atoms with Crippen molar-refractivity contribution in [2.45, 2.75) is 24.7 Å². The maximum atomic E-state index is 13.6. The number of aromatic nitrogens is 3. The van der Waals surface area contributed by atoms with Crippen LogP contribution in [0.1, 0.15) is 17.3 Å². The molecular formula is C17H17F3N4O2S. The van der Waals surface area contributed by atoms with Gasteiger partial charge in [0.2, 0.25) is 11.5 Å². The number of rotatable bonds is 5. The Kier molecular flexibility index (Phi) is 4.96. The van der Waals surface area contributed by atoms with Gasteiger partial charge in [-0.3, -0.25) is 4.79 Å². The molecule has 6 nitrogen and oxygen atoms in total. The molecule has 0 bridgehead atoms. The Balaban J connectivity index is 1.80. The number of nitrogens with zero attached hydrogens (tertiary/aromatic N) is 4. The van der Waals surface area contributed by atoms with E-state index in [9.17, 15) is 23.1 Å². The molecule has 27 heavy (non-hydrogen) atoms. The number of aliphatic hydroxyl groups is 1. The van der Waals surface area contributed by atoms with E-state index < -0.39 is 29.9 Å². The molecule has 1 aromatic carbocycles. The second-order valence-electron chi connectivity index (χ2n) is 6.22. The van der Waals surface area contributed by atoms with Crippen molar-refractivity contribution in [3.05, 3.63) is 47.5 Å². The molecule has 2 heterocycles. The van der Waals surface area contributed by atoms with Gasteiger partial charge in [-0.1, -0.05) is 12.1 Å². The molecule has 0 aliphatic carbocycles. The van der Waals surface area contributed by atoms with Crippen molar-refractivity contribution >= 4 is 27.5 Å². The van der Waals surface area contributed by atoms with E-state index in [-0.39, 0.29) is 6.54 Å². The Hall–Kier alpha value is -2.46. The van der Waals surface area contributed by atoms with Gasteiger partial charge >= 0.3 is 6.18 Å². The van der Waals surface area contributed by atoms with E-state index in [1.54, 1.807) is 0 Å². The normalized spacial score (nSPS) is 14.3. The number of amides is 1. The molecule has 1 N–H and O–H groups in total.